The lowest BCUT2D eigenvalue weighted by Gasteiger charge is -2.59. The number of nitrogens with one attached hydrogen (secondary N) is 1. The zero-order valence-corrected chi connectivity index (χ0v) is 12.8. The van der Waals surface area contributed by atoms with Gasteiger partial charge in [0.25, 0.3) is 0 Å². The average molecular weight is 263 g/mol. The van der Waals surface area contributed by atoms with Crippen LogP contribution in [0.5, 0.6) is 0 Å². The van der Waals surface area contributed by atoms with Gasteiger partial charge >= 0.3 is 0 Å². The van der Waals surface area contributed by atoms with E-state index in [0.29, 0.717) is 12.0 Å². The molecule has 2 atom stereocenters. The van der Waals surface area contributed by atoms with E-state index in [1.54, 1.807) is 12.1 Å². The summed E-state index contributed by atoms with van der Waals surface area (Å²) in [5.41, 5.74) is 1.61. The molecule has 1 fully saturated rings. The first-order valence-corrected chi connectivity index (χ1v) is 7.29. The lowest BCUT2D eigenvalue weighted by molar-refractivity contribution is -0.0313. The Bertz CT molecular complexity index is 433. The van der Waals surface area contributed by atoms with Crippen molar-refractivity contribution < 1.29 is 4.39 Å². The van der Waals surface area contributed by atoms with Crippen molar-refractivity contribution in [1.82, 2.24) is 5.32 Å². The van der Waals surface area contributed by atoms with E-state index in [1.165, 1.54) is 12.0 Å². The molecule has 2 unspecified atom stereocenters. The SMILES string of the molecule is CCNC1CC(C(C)(C)c2ccc(F)cc2)C1(C)C. The lowest BCUT2D eigenvalue weighted by atomic mass is 9.49. The molecule has 0 aromatic heterocycles. The van der Waals surface area contributed by atoms with E-state index >= 15 is 0 Å². The second-order valence-corrected chi connectivity index (χ2v) is 6.95. The highest BCUT2D eigenvalue weighted by Gasteiger charge is 2.54. The van der Waals surface area contributed by atoms with Gasteiger partial charge in [-0.3, -0.25) is 0 Å². The molecule has 1 aromatic rings. The van der Waals surface area contributed by atoms with Crippen LogP contribution in [0.4, 0.5) is 4.39 Å². The normalized spacial score (nSPS) is 26.0. The minimum Gasteiger partial charge on any atom is -0.314 e. The maximum absolute atomic E-state index is 13.1. The van der Waals surface area contributed by atoms with E-state index < -0.39 is 0 Å². The first-order chi connectivity index (χ1) is 8.80. The van der Waals surface area contributed by atoms with E-state index in [0.717, 1.165) is 6.54 Å². The Kier molecular flexibility index (Phi) is 3.74. The number of hydrogen-bond donors (Lipinski definition) is 1. The van der Waals surface area contributed by atoms with Gasteiger partial charge in [-0.15, -0.1) is 0 Å². The van der Waals surface area contributed by atoms with Crippen molar-refractivity contribution in [3.8, 4) is 0 Å². The van der Waals surface area contributed by atoms with Gasteiger partial charge in [0.1, 0.15) is 5.82 Å². The lowest BCUT2D eigenvalue weighted by Crippen LogP contribution is -2.61. The van der Waals surface area contributed by atoms with Gasteiger partial charge in [-0.1, -0.05) is 46.8 Å². The maximum atomic E-state index is 13.1. The largest absolute Gasteiger partial charge is 0.314 e. The van der Waals surface area contributed by atoms with Crippen molar-refractivity contribution in [1.29, 1.82) is 0 Å². The fourth-order valence-electron chi connectivity index (χ4n) is 3.82. The highest BCUT2D eigenvalue weighted by Crippen LogP contribution is 2.55. The fraction of sp³-hybridized carbons (Fsp3) is 0.647. The molecular weight excluding hydrogens is 237 g/mol. The molecule has 1 N–H and O–H groups in total. The molecule has 0 radical (unpaired) electrons. The minimum atomic E-state index is -0.155. The Balaban J connectivity index is 2.20. The van der Waals surface area contributed by atoms with E-state index in [-0.39, 0.29) is 16.6 Å². The maximum Gasteiger partial charge on any atom is 0.123 e. The van der Waals surface area contributed by atoms with Crippen LogP contribution in [-0.2, 0) is 5.41 Å². The summed E-state index contributed by atoms with van der Waals surface area (Å²) in [4.78, 5) is 0. The summed E-state index contributed by atoms with van der Waals surface area (Å²) in [6.07, 6.45) is 1.20. The topological polar surface area (TPSA) is 12.0 Å². The summed E-state index contributed by atoms with van der Waals surface area (Å²) in [6, 6.07) is 7.62. The summed E-state index contributed by atoms with van der Waals surface area (Å²) in [6.45, 7) is 12.5. The second-order valence-electron chi connectivity index (χ2n) is 6.95. The summed E-state index contributed by atoms with van der Waals surface area (Å²) in [5, 5.41) is 3.57. The Morgan fingerprint density at radius 3 is 2.32 bits per heavy atom. The zero-order chi connectivity index (χ0) is 14.3. The molecule has 0 spiro atoms. The highest BCUT2D eigenvalue weighted by atomic mass is 19.1. The Hall–Kier alpha value is -0.890. The Morgan fingerprint density at radius 2 is 1.84 bits per heavy atom. The molecule has 19 heavy (non-hydrogen) atoms. The van der Waals surface area contributed by atoms with Crippen molar-refractivity contribution in [3.05, 3.63) is 35.6 Å². The van der Waals surface area contributed by atoms with E-state index in [9.17, 15) is 4.39 Å². The van der Waals surface area contributed by atoms with Crippen LogP contribution >= 0.6 is 0 Å². The van der Waals surface area contributed by atoms with Gasteiger partial charge in [0.15, 0.2) is 0 Å². The smallest absolute Gasteiger partial charge is 0.123 e. The quantitative estimate of drug-likeness (QED) is 0.861. The molecular formula is C17H26FN. The molecule has 2 heteroatoms. The molecule has 106 valence electrons. The van der Waals surface area contributed by atoms with Crippen LogP contribution in [-0.4, -0.2) is 12.6 Å². The number of benzene rings is 1. The number of halogens is 1. The van der Waals surface area contributed by atoms with Crippen molar-refractivity contribution in [2.24, 2.45) is 11.3 Å². The summed E-state index contributed by atoms with van der Waals surface area (Å²) < 4.78 is 13.1. The molecule has 1 aliphatic carbocycles. The summed E-state index contributed by atoms with van der Waals surface area (Å²) >= 11 is 0. The van der Waals surface area contributed by atoms with Gasteiger partial charge in [-0.25, -0.2) is 4.39 Å². The third kappa shape index (κ3) is 2.43. The third-order valence-corrected chi connectivity index (χ3v) is 5.18. The number of rotatable bonds is 4. The van der Waals surface area contributed by atoms with Crippen LogP contribution < -0.4 is 5.32 Å². The van der Waals surface area contributed by atoms with Gasteiger partial charge in [-0.2, -0.15) is 0 Å². The number of hydrogen-bond acceptors (Lipinski definition) is 1. The summed E-state index contributed by atoms with van der Waals surface area (Å²) in [5.74, 6) is 0.465. The van der Waals surface area contributed by atoms with Crippen molar-refractivity contribution in [2.75, 3.05) is 6.54 Å². The van der Waals surface area contributed by atoms with Crippen molar-refractivity contribution in [2.45, 2.75) is 52.5 Å². The third-order valence-electron chi connectivity index (χ3n) is 5.18. The van der Waals surface area contributed by atoms with Crippen LogP contribution in [0.2, 0.25) is 0 Å². The second kappa shape index (κ2) is 4.90. The highest BCUT2D eigenvalue weighted by molar-refractivity contribution is 5.28. The molecule has 0 heterocycles. The van der Waals surface area contributed by atoms with Gasteiger partial charge in [-0.05, 0) is 47.4 Å². The molecule has 2 rings (SSSR count). The molecule has 1 saturated carbocycles. The molecule has 1 aromatic carbocycles. The molecule has 0 amide bonds. The fourth-order valence-corrected chi connectivity index (χ4v) is 3.82. The van der Waals surface area contributed by atoms with E-state index in [4.69, 9.17) is 0 Å². The molecule has 1 aliphatic rings. The first kappa shape index (κ1) is 14.5. The monoisotopic (exact) mass is 263 g/mol. The van der Waals surface area contributed by atoms with Crippen LogP contribution in [0.15, 0.2) is 24.3 Å². The van der Waals surface area contributed by atoms with Gasteiger partial charge in [0, 0.05) is 6.04 Å². The van der Waals surface area contributed by atoms with Crippen LogP contribution in [0, 0.1) is 17.2 Å². The Morgan fingerprint density at radius 1 is 1.26 bits per heavy atom. The van der Waals surface area contributed by atoms with E-state index in [2.05, 4.69) is 39.9 Å². The van der Waals surface area contributed by atoms with Crippen LogP contribution in [0.25, 0.3) is 0 Å². The first-order valence-electron chi connectivity index (χ1n) is 7.29. The zero-order valence-electron chi connectivity index (χ0n) is 12.8. The van der Waals surface area contributed by atoms with Crippen molar-refractivity contribution >= 4 is 0 Å². The predicted octanol–water partition coefficient (Wildman–Crippen LogP) is 4.13. The van der Waals surface area contributed by atoms with Crippen LogP contribution in [0.3, 0.4) is 0 Å². The van der Waals surface area contributed by atoms with Crippen molar-refractivity contribution in [3.63, 3.8) is 0 Å². The average Bonchev–Trinajstić information content (AvgIpc) is 2.34. The molecule has 1 nitrogen and oxygen atoms in total. The minimum absolute atomic E-state index is 0.0864. The van der Waals surface area contributed by atoms with Crippen LogP contribution in [0.1, 0.15) is 46.6 Å². The van der Waals surface area contributed by atoms with Gasteiger partial charge in [0.2, 0.25) is 0 Å². The van der Waals surface area contributed by atoms with E-state index in [1.807, 2.05) is 12.1 Å². The molecule has 0 saturated heterocycles. The van der Waals surface area contributed by atoms with Gasteiger partial charge < -0.3 is 5.32 Å². The molecule has 0 bridgehead atoms. The van der Waals surface area contributed by atoms with Gasteiger partial charge in [0.05, 0.1) is 0 Å². The predicted molar refractivity (Wildman–Crippen MR) is 78.8 cm³/mol. The standard InChI is InChI=1S/C17H26FN/c1-6-19-15-11-14(17(15,4)5)16(2,3)12-7-9-13(18)10-8-12/h7-10,14-15,19H,6,11H2,1-5H3. The molecule has 0 aliphatic heterocycles. The summed E-state index contributed by atoms with van der Waals surface area (Å²) in [7, 11) is 0. The Labute approximate surface area is 116 Å².